The van der Waals surface area contributed by atoms with Gasteiger partial charge in [0.15, 0.2) is 6.10 Å². The average Bonchev–Trinajstić information content (AvgIpc) is 2.48. The van der Waals surface area contributed by atoms with Gasteiger partial charge < -0.3 is 14.6 Å². The van der Waals surface area contributed by atoms with E-state index in [9.17, 15) is 14.7 Å². The molecule has 6 nitrogen and oxygen atoms in total. The summed E-state index contributed by atoms with van der Waals surface area (Å²) >= 11 is 1.47. The molecule has 1 N–H and O–H groups in total. The molecule has 116 valence electrons. The number of nitrogens with zero attached hydrogens (tertiary/aromatic N) is 1. The molecule has 0 aliphatic carbocycles. The summed E-state index contributed by atoms with van der Waals surface area (Å²) in [5.74, 6) is -1.07. The van der Waals surface area contributed by atoms with Crippen LogP contribution in [0.3, 0.4) is 0 Å². The van der Waals surface area contributed by atoms with Gasteiger partial charge in [-0.25, -0.2) is 9.59 Å². The number of hydrogen-bond donors (Lipinski definition) is 1. The predicted molar refractivity (Wildman–Crippen MR) is 76.8 cm³/mol. The summed E-state index contributed by atoms with van der Waals surface area (Å²) in [7, 11) is 0. The number of ether oxygens (including phenoxy) is 2. The molecule has 2 atom stereocenters. The van der Waals surface area contributed by atoms with E-state index in [0.29, 0.717) is 5.75 Å². The van der Waals surface area contributed by atoms with Crippen molar-refractivity contribution >= 4 is 23.8 Å². The Morgan fingerprint density at radius 2 is 2.05 bits per heavy atom. The lowest BCUT2D eigenvalue weighted by atomic mass is 10.0. The number of cyclic esters (lactones) is 1. The largest absolute Gasteiger partial charge is 0.465 e. The lowest BCUT2D eigenvalue weighted by Crippen LogP contribution is -2.58. The van der Waals surface area contributed by atoms with Crippen molar-refractivity contribution < 1.29 is 24.2 Å². The van der Waals surface area contributed by atoms with E-state index in [1.54, 1.807) is 34.6 Å². The molecule has 0 aromatic heterocycles. The molecule has 0 spiro atoms. The summed E-state index contributed by atoms with van der Waals surface area (Å²) in [6, 6.07) is -0.586. The van der Waals surface area contributed by atoms with Gasteiger partial charge in [0.25, 0.3) is 0 Å². The van der Waals surface area contributed by atoms with E-state index in [2.05, 4.69) is 0 Å². The fourth-order valence-electron chi connectivity index (χ4n) is 2.31. The Morgan fingerprint density at radius 1 is 1.50 bits per heavy atom. The van der Waals surface area contributed by atoms with Crippen LogP contribution in [0, 0.1) is 0 Å². The molecule has 0 radical (unpaired) electrons. The summed E-state index contributed by atoms with van der Waals surface area (Å²) in [6.45, 7) is 8.66. The molecule has 1 unspecified atom stereocenters. The van der Waals surface area contributed by atoms with Crippen LogP contribution in [-0.4, -0.2) is 57.5 Å². The first-order valence-electron chi connectivity index (χ1n) is 6.41. The lowest BCUT2D eigenvalue weighted by Gasteiger charge is -2.40. The first kappa shape index (κ1) is 17.1. The van der Waals surface area contributed by atoms with Crippen LogP contribution in [-0.2, 0) is 14.3 Å². The van der Waals surface area contributed by atoms with Gasteiger partial charge in [0, 0.05) is 25.1 Å². The molecule has 20 heavy (non-hydrogen) atoms. The first-order valence-corrected chi connectivity index (χ1v) is 7.81. The Labute approximate surface area is 123 Å². The van der Waals surface area contributed by atoms with E-state index in [-0.39, 0.29) is 0 Å². The van der Waals surface area contributed by atoms with Gasteiger partial charge >= 0.3 is 12.1 Å². The number of thioether (sulfide) groups is 1. The summed E-state index contributed by atoms with van der Waals surface area (Å²) in [4.78, 5) is 24.9. The Kier molecular flexibility index (Phi) is 4.97. The summed E-state index contributed by atoms with van der Waals surface area (Å²) < 4.78 is 10.8. The van der Waals surface area contributed by atoms with Crippen molar-refractivity contribution in [3.8, 4) is 0 Å². The Balaban J connectivity index is 3.10. The molecular formula is C13H23NO5S. The smallest absolute Gasteiger partial charge is 0.408 e. The number of hydrogen-bond acceptors (Lipinski definition) is 5. The quantitative estimate of drug-likeness (QED) is 0.802. The predicted octanol–water partition coefficient (Wildman–Crippen LogP) is 2.17. The third-order valence-electron chi connectivity index (χ3n) is 2.94. The Bertz CT molecular complexity index is 391. The molecule has 1 amide bonds. The minimum absolute atomic E-state index is 0.458. The number of rotatable bonds is 4. The molecule has 0 aromatic rings. The average molecular weight is 305 g/mol. The third-order valence-corrected chi connectivity index (χ3v) is 3.61. The van der Waals surface area contributed by atoms with Gasteiger partial charge in [-0.15, -0.1) is 0 Å². The molecule has 1 saturated heterocycles. The van der Waals surface area contributed by atoms with Gasteiger partial charge in [-0.05, 0) is 27.0 Å². The fraction of sp³-hybridized carbons (Fsp3) is 0.846. The second kappa shape index (κ2) is 5.81. The highest BCUT2D eigenvalue weighted by molar-refractivity contribution is 7.98. The van der Waals surface area contributed by atoms with Crippen molar-refractivity contribution in [3.63, 3.8) is 0 Å². The zero-order valence-corrected chi connectivity index (χ0v) is 13.6. The van der Waals surface area contributed by atoms with E-state index in [4.69, 9.17) is 9.47 Å². The van der Waals surface area contributed by atoms with E-state index < -0.39 is 35.5 Å². The van der Waals surface area contributed by atoms with Crippen LogP contribution in [0.4, 0.5) is 4.79 Å². The molecule has 1 heterocycles. The van der Waals surface area contributed by atoms with E-state index in [0.717, 1.165) is 0 Å². The van der Waals surface area contributed by atoms with Crippen LogP contribution in [0.1, 0.15) is 34.6 Å². The number of carboxylic acid groups (broad SMARTS) is 1. The van der Waals surface area contributed by atoms with Crippen molar-refractivity contribution in [1.82, 2.24) is 4.90 Å². The summed E-state index contributed by atoms with van der Waals surface area (Å²) in [5.41, 5.74) is -0.636. The zero-order valence-electron chi connectivity index (χ0n) is 12.8. The van der Waals surface area contributed by atoms with Crippen molar-refractivity contribution in [2.24, 2.45) is 0 Å². The van der Waals surface area contributed by atoms with Crippen LogP contribution in [0.5, 0.6) is 0 Å². The zero-order chi connectivity index (χ0) is 15.7. The van der Waals surface area contributed by atoms with Crippen molar-refractivity contribution in [2.45, 2.75) is 58.1 Å². The van der Waals surface area contributed by atoms with Gasteiger partial charge in [-0.1, -0.05) is 0 Å². The van der Waals surface area contributed by atoms with Gasteiger partial charge in [-0.2, -0.15) is 11.8 Å². The third kappa shape index (κ3) is 3.79. The van der Waals surface area contributed by atoms with Gasteiger partial charge in [-0.3, -0.25) is 4.90 Å². The van der Waals surface area contributed by atoms with Crippen molar-refractivity contribution in [2.75, 3.05) is 12.0 Å². The Morgan fingerprint density at radius 3 is 2.35 bits per heavy atom. The fourth-order valence-corrected chi connectivity index (χ4v) is 2.97. The molecule has 1 aliphatic rings. The second-order valence-corrected chi connectivity index (χ2v) is 7.12. The minimum Gasteiger partial charge on any atom is -0.465 e. The monoisotopic (exact) mass is 305 g/mol. The molecule has 0 aromatic carbocycles. The second-order valence-electron chi connectivity index (χ2n) is 6.21. The molecule has 1 rings (SSSR count). The standard InChI is InChI=1S/C13H23NO5S/c1-12(2,3)14(11(16)17)8(7-20-6)9-10(15)19-13(4,5)18-9/h8-9H,7H2,1-6H3,(H,16,17)/t8-,9?/m1/s1. The summed E-state index contributed by atoms with van der Waals surface area (Å²) in [5, 5.41) is 9.49. The topological polar surface area (TPSA) is 76.1 Å². The molecule has 7 heteroatoms. The number of carbonyl (C=O) groups is 2. The maximum Gasteiger partial charge on any atom is 0.408 e. The van der Waals surface area contributed by atoms with E-state index >= 15 is 0 Å². The highest BCUT2D eigenvalue weighted by Gasteiger charge is 2.49. The van der Waals surface area contributed by atoms with Crippen molar-refractivity contribution in [1.29, 1.82) is 0 Å². The molecule has 0 bridgehead atoms. The molecule has 1 aliphatic heterocycles. The maximum atomic E-state index is 12.0. The van der Waals surface area contributed by atoms with Gasteiger partial charge in [0.2, 0.25) is 5.79 Å². The lowest BCUT2D eigenvalue weighted by molar-refractivity contribution is -0.162. The molecule has 1 fully saturated rings. The van der Waals surface area contributed by atoms with Gasteiger partial charge in [0.1, 0.15) is 0 Å². The van der Waals surface area contributed by atoms with Crippen LogP contribution in [0.2, 0.25) is 0 Å². The normalized spacial score (nSPS) is 23.3. The maximum absolute atomic E-state index is 12.0. The highest BCUT2D eigenvalue weighted by Crippen LogP contribution is 2.31. The van der Waals surface area contributed by atoms with Crippen LogP contribution >= 0.6 is 11.8 Å². The van der Waals surface area contributed by atoms with Crippen LogP contribution in [0.15, 0.2) is 0 Å². The van der Waals surface area contributed by atoms with Gasteiger partial charge in [0.05, 0.1) is 6.04 Å². The minimum atomic E-state index is -1.07. The number of amides is 1. The SMILES string of the molecule is CSC[C@H](C1OC(C)(C)OC1=O)N(C(=O)O)C(C)(C)C. The number of esters is 1. The first-order chi connectivity index (χ1) is 8.99. The van der Waals surface area contributed by atoms with Crippen LogP contribution in [0.25, 0.3) is 0 Å². The van der Waals surface area contributed by atoms with Crippen molar-refractivity contribution in [3.05, 3.63) is 0 Å². The number of carbonyl (C=O) groups excluding carboxylic acids is 1. The molecule has 0 saturated carbocycles. The Hall–Kier alpha value is -0.950. The van der Waals surface area contributed by atoms with E-state index in [1.165, 1.54) is 16.7 Å². The molecular weight excluding hydrogens is 282 g/mol. The highest BCUT2D eigenvalue weighted by atomic mass is 32.2. The van der Waals surface area contributed by atoms with Crippen LogP contribution < -0.4 is 0 Å². The summed E-state index contributed by atoms with van der Waals surface area (Å²) in [6.07, 6.45) is -0.105. The van der Waals surface area contributed by atoms with E-state index in [1.807, 2.05) is 6.26 Å².